The molecule has 9 heteroatoms. The average molecular weight is 611 g/mol. The van der Waals surface area contributed by atoms with Crippen molar-refractivity contribution in [3.8, 4) is 5.75 Å². The highest BCUT2D eigenvalue weighted by atomic mass is 16.5. The number of nitrogens with two attached hydrogens (primary N) is 1. The lowest BCUT2D eigenvalue weighted by Crippen LogP contribution is -2.46. The van der Waals surface area contributed by atoms with Gasteiger partial charge in [-0.1, -0.05) is 55.8 Å². The number of unbranched alkanes of at least 4 members (excludes halogenated alkanes) is 1. The second-order valence-electron chi connectivity index (χ2n) is 12.3. The highest BCUT2D eigenvalue weighted by Gasteiger charge is 2.47. The summed E-state index contributed by atoms with van der Waals surface area (Å²) in [5, 5.41) is 10.7. The molecule has 3 atom stereocenters. The molecule has 1 saturated heterocycles. The molecule has 3 N–H and O–H groups in total. The van der Waals surface area contributed by atoms with Crippen LogP contribution in [0, 0.1) is 5.92 Å². The summed E-state index contributed by atoms with van der Waals surface area (Å²) in [6.45, 7) is 4.57. The number of benzene rings is 3. The summed E-state index contributed by atoms with van der Waals surface area (Å²) in [5.41, 5.74) is 11.6. The molecule has 3 aliphatic rings. The Hall–Kier alpha value is -4.21. The number of anilines is 2. The Morgan fingerprint density at radius 3 is 2.71 bits per heavy atom. The topological polar surface area (TPSA) is 116 Å². The zero-order chi connectivity index (χ0) is 31.5. The lowest BCUT2D eigenvalue weighted by Gasteiger charge is -2.31. The van der Waals surface area contributed by atoms with Crippen LogP contribution in [0.2, 0.25) is 0 Å². The molecule has 2 amide bonds. The Morgan fingerprint density at radius 2 is 1.91 bits per heavy atom. The van der Waals surface area contributed by atoms with Gasteiger partial charge in [0.15, 0.2) is 0 Å². The maximum Gasteiger partial charge on any atom is 0.308 e. The molecule has 3 heterocycles. The van der Waals surface area contributed by atoms with Crippen LogP contribution in [-0.4, -0.2) is 66.6 Å². The number of carboxylic acids is 1. The van der Waals surface area contributed by atoms with Crippen LogP contribution in [-0.2, 0) is 33.8 Å². The number of likely N-dealkylation sites (tertiary alicyclic amines) is 1. The average Bonchev–Trinajstić information content (AvgIpc) is 3.74. The minimum atomic E-state index is -0.886. The Labute approximate surface area is 264 Å². The largest absolute Gasteiger partial charge is 0.493 e. The molecule has 9 nitrogen and oxygen atoms in total. The maximum atomic E-state index is 14.1. The van der Waals surface area contributed by atoms with Gasteiger partial charge in [-0.05, 0) is 59.4 Å². The number of carboxylic acid groups (broad SMARTS) is 1. The third-order valence-electron chi connectivity index (χ3n) is 9.58. The fraction of sp³-hybridized carbons (Fsp3) is 0.417. The molecule has 6 rings (SSSR count). The van der Waals surface area contributed by atoms with E-state index < -0.39 is 17.9 Å². The number of amides is 2. The third-order valence-corrected chi connectivity index (χ3v) is 9.58. The van der Waals surface area contributed by atoms with E-state index in [0.29, 0.717) is 45.6 Å². The van der Waals surface area contributed by atoms with Crippen molar-refractivity contribution in [1.82, 2.24) is 4.90 Å². The summed E-state index contributed by atoms with van der Waals surface area (Å²) >= 11 is 0. The molecule has 3 aromatic carbocycles. The van der Waals surface area contributed by atoms with Crippen molar-refractivity contribution >= 4 is 29.2 Å². The van der Waals surface area contributed by atoms with Crippen LogP contribution in [0.3, 0.4) is 0 Å². The molecular weight excluding hydrogens is 568 g/mol. The Kier molecular flexibility index (Phi) is 9.19. The number of fused-ring (bicyclic) bond motifs is 2. The fourth-order valence-corrected chi connectivity index (χ4v) is 7.27. The molecule has 236 valence electrons. The highest BCUT2D eigenvalue weighted by Crippen LogP contribution is 2.42. The van der Waals surface area contributed by atoms with Crippen molar-refractivity contribution in [1.29, 1.82) is 0 Å². The summed E-state index contributed by atoms with van der Waals surface area (Å²) in [6.07, 6.45) is 3.36. The first kappa shape index (κ1) is 30.8. The summed E-state index contributed by atoms with van der Waals surface area (Å²) in [4.78, 5) is 45.8. The summed E-state index contributed by atoms with van der Waals surface area (Å²) < 4.78 is 5.71. The van der Waals surface area contributed by atoms with Gasteiger partial charge >= 0.3 is 5.97 Å². The molecule has 0 spiro atoms. The minimum Gasteiger partial charge on any atom is -0.493 e. The second-order valence-corrected chi connectivity index (χ2v) is 12.3. The van der Waals surface area contributed by atoms with Crippen LogP contribution in [0.15, 0.2) is 66.7 Å². The number of ether oxygens (including phenoxy) is 1. The summed E-state index contributed by atoms with van der Waals surface area (Å²) in [6, 6.07) is 21.1. The van der Waals surface area contributed by atoms with E-state index in [4.69, 9.17) is 10.5 Å². The standard InChI is InChI=1S/C36H42N4O5/c1-2-3-15-39(28-9-6-7-24(18-28)21-37)34(42)23-38-22-29(25-11-12-32-27(19-25)14-17-45-32)35(36(43)44)31(38)13-16-40-30-10-5-4-8-26(30)20-33(40)41/h4-12,18-19,29,31,35H,2-3,13-17,20-23,37H2,1H3,(H,43,44)/t29-,31+,35?/m1/s1. The molecule has 1 unspecified atom stereocenters. The number of aliphatic carboxylic acids is 1. The van der Waals surface area contributed by atoms with Crippen LogP contribution in [0.5, 0.6) is 5.75 Å². The van der Waals surface area contributed by atoms with Crippen LogP contribution in [0.1, 0.15) is 54.4 Å². The van der Waals surface area contributed by atoms with Crippen molar-refractivity contribution in [2.45, 2.75) is 57.5 Å². The highest BCUT2D eigenvalue weighted by molar-refractivity contribution is 6.01. The number of para-hydroxylation sites is 1. The Balaban J connectivity index is 1.30. The molecule has 45 heavy (non-hydrogen) atoms. The van der Waals surface area contributed by atoms with E-state index >= 15 is 0 Å². The smallest absolute Gasteiger partial charge is 0.308 e. The van der Waals surface area contributed by atoms with Gasteiger partial charge < -0.3 is 25.4 Å². The quantitative estimate of drug-likeness (QED) is 0.313. The van der Waals surface area contributed by atoms with E-state index in [2.05, 4.69) is 13.0 Å². The molecule has 0 aliphatic carbocycles. The van der Waals surface area contributed by atoms with Crippen LogP contribution in [0.4, 0.5) is 11.4 Å². The third kappa shape index (κ3) is 6.32. The maximum absolute atomic E-state index is 14.1. The molecule has 0 aromatic heterocycles. The van der Waals surface area contributed by atoms with E-state index in [1.807, 2.05) is 70.5 Å². The van der Waals surface area contributed by atoms with Crippen LogP contribution < -0.4 is 20.3 Å². The van der Waals surface area contributed by atoms with Gasteiger partial charge in [0.05, 0.1) is 25.5 Å². The van der Waals surface area contributed by atoms with E-state index in [0.717, 1.165) is 58.6 Å². The van der Waals surface area contributed by atoms with Crippen molar-refractivity contribution in [2.75, 3.05) is 42.6 Å². The molecule has 0 saturated carbocycles. The SMILES string of the molecule is CCCCN(C(=O)CN1C[C@H](c2ccc3c(c2)CCO3)C(C(=O)O)[C@@H]1CCN1C(=O)Cc2ccccc21)c1cccc(CN)c1. The Bertz CT molecular complexity index is 1570. The van der Waals surface area contributed by atoms with E-state index in [1.54, 1.807) is 4.90 Å². The van der Waals surface area contributed by atoms with Crippen molar-refractivity contribution in [2.24, 2.45) is 11.7 Å². The Morgan fingerprint density at radius 1 is 1.07 bits per heavy atom. The number of carbonyl (C=O) groups is 3. The molecule has 3 aliphatic heterocycles. The normalized spacial score (nSPS) is 20.6. The predicted molar refractivity (Wildman–Crippen MR) is 174 cm³/mol. The lowest BCUT2D eigenvalue weighted by molar-refractivity contribution is -0.143. The van der Waals surface area contributed by atoms with Gasteiger partial charge in [-0.2, -0.15) is 0 Å². The monoisotopic (exact) mass is 610 g/mol. The van der Waals surface area contributed by atoms with Crippen molar-refractivity contribution in [3.05, 3.63) is 89.0 Å². The van der Waals surface area contributed by atoms with Gasteiger partial charge in [0.25, 0.3) is 0 Å². The molecular formula is C36H42N4O5. The van der Waals surface area contributed by atoms with Gasteiger partial charge in [-0.15, -0.1) is 0 Å². The zero-order valence-electron chi connectivity index (χ0n) is 25.9. The number of rotatable bonds is 12. The van der Waals surface area contributed by atoms with Gasteiger partial charge in [-0.3, -0.25) is 19.3 Å². The van der Waals surface area contributed by atoms with E-state index in [1.165, 1.54) is 0 Å². The first-order valence-electron chi connectivity index (χ1n) is 16.1. The van der Waals surface area contributed by atoms with Gasteiger partial charge in [-0.25, -0.2) is 0 Å². The van der Waals surface area contributed by atoms with Gasteiger partial charge in [0.1, 0.15) is 5.75 Å². The number of carbonyl (C=O) groups excluding carboxylic acids is 2. The summed E-state index contributed by atoms with van der Waals surface area (Å²) in [5.74, 6) is -1.14. The molecule has 3 aromatic rings. The van der Waals surface area contributed by atoms with E-state index in [-0.39, 0.29) is 24.3 Å². The molecule has 0 bridgehead atoms. The number of nitrogens with zero attached hydrogens (tertiary/aromatic N) is 3. The predicted octanol–water partition coefficient (Wildman–Crippen LogP) is 4.36. The van der Waals surface area contributed by atoms with Crippen LogP contribution >= 0.6 is 0 Å². The fourth-order valence-electron chi connectivity index (χ4n) is 7.27. The van der Waals surface area contributed by atoms with E-state index in [9.17, 15) is 19.5 Å². The van der Waals surface area contributed by atoms with Crippen molar-refractivity contribution in [3.63, 3.8) is 0 Å². The van der Waals surface area contributed by atoms with Gasteiger partial charge in [0.2, 0.25) is 11.8 Å². The second kappa shape index (κ2) is 13.4. The zero-order valence-corrected chi connectivity index (χ0v) is 25.9. The van der Waals surface area contributed by atoms with Crippen molar-refractivity contribution < 1.29 is 24.2 Å². The van der Waals surface area contributed by atoms with Gasteiger partial charge in [0, 0.05) is 55.9 Å². The summed E-state index contributed by atoms with van der Waals surface area (Å²) in [7, 11) is 0. The van der Waals surface area contributed by atoms with Crippen LogP contribution in [0.25, 0.3) is 0 Å². The lowest BCUT2D eigenvalue weighted by atomic mass is 9.83. The first-order chi connectivity index (χ1) is 21.9. The molecule has 1 fully saturated rings. The minimum absolute atomic E-state index is 0.0180. The first-order valence-corrected chi connectivity index (χ1v) is 16.1. The molecule has 0 radical (unpaired) electrons. The number of hydrogen-bond acceptors (Lipinski definition) is 6. The number of hydrogen-bond donors (Lipinski definition) is 2.